The van der Waals surface area contributed by atoms with Crippen molar-refractivity contribution in [2.75, 3.05) is 16.5 Å². The molecule has 0 spiro atoms. The Morgan fingerprint density at radius 1 is 0.406 bits per heavy atom. The lowest BCUT2D eigenvalue weighted by Crippen LogP contribution is -2.25. The lowest BCUT2D eigenvalue weighted by atomic mass is 9.78. The van der Waals surface area contributed by atoms with E-state index in [9.17, 15) is 0 Å². The zero-order valence-corrected chi connectivity index (χ0v) is 40.6. The zero-order valence-electron chi connectivity index (χ0n) is 40.6. The summed E-state index contributed by atoms with van der Waals surface area (Å²) in [4.78, 5) is 9.92. The lowest BCUT2D eigenvalue weighted by Gasteiger charge is -2.29. The van der Waals surface area contributed by atoms with Gasteiger partial charge in [0.1, 0.15) is 24.0 Å². The first kappa shape index (κ1) is 43.7. The SMILES string of the molecule is CC(C)(C)c1ccc2c(c1)N(c1cccc(C(C)(C)c3ccccc3)c1)CN2c1cccc(Oc2ccc3c4cc(-c5ccccc5)ccc4n(-c4cc(C(C)(C)c5ccccc5)ccn4)c3c2)c1. The topological polar surface area (TPSA) is 33.5 Å². The van der Waals surface area contributed by atoms with Gasteiger partial charge in [0.15, 0.2) is 0 Å². The largest absolute Gasteiger partial charge is 0.457 e. The van der Waals surface area contributed by atoms with Crippen molar-refractivity contribution in [3.63, 3.8) is 0 Å². The van der Waals surface area contributed by atoms with Gasteiger partial charge in [-0.2, -0.15) is 0 Å². The van der Waals surface area contributed by atoms with E-state index in [4.69, 9.17) is 9.72 Å². The Kier molecular flexibility index (Phi) is 10.8. The Hall–Kier alpha value is -7.89. The van der Waals surface area contributed by atoms with Crippen LogP contribution in [-0.4, -0.2) is 16.2 Å². The third-order valence-electron chi connectivity index (χ3n) is 14.5. The first-order valence-electron chi connectivity index (χ1n) is 24.1. The molecule has 1 aliphatic rings. The van der Waals surface area contributed by atoms with Gasteiger partial charge < -0.3 is 14.5 Å². The minimum absolute atomic E-state index is 0.00632. The molecule has 0 bridgehead atoms. The van der Waals surface area contributed by atoms with Crippen molar-refractivity contribution in [1.29, 1.82) is 0 Å². The minimum atomic E-state index is -0.234. The van der Waals surface area contributed by atoms with E-state index in [1.807, 2.05) is 6.20 Å². The highest BCUT2D eigenvalue weighted by Gasteiger charge is 2.32. The molecule has 1 aliphatic heterocycles. The van der Waals surface area contributed by atoms with Gasteiger partial charge in [-0.15, -0.1) is 0 Å². The summed E-state index contributed by atoms with van der Waals surface area (Å²) < 4.78 is 9.18. The number of hydrogen-bond donors (Lipinski definition) is 0. The molecule has 0 saturated heterocycles. The first-order chi connectivity index (χ1) is 33.3. The smallest absolute Gasteiger partial charge is 0.137 e. The molecule has 0 aliphatic carbocycles. The highest BCUT2D eigenvalue weighted by Crippen LogP contribution is 2.48. The average Bonchev–Trinajstić information content (AvgIpc) is 3.92. The fourth-order valence-corrected chi connectivity index (χ4v) is 10.2. The third-order valence-corrected chi connectivity index (χ3v) is 14.5. The Morgan fingerprint density at radius 3 is 1.71 bits per heavy atom. The van der Waals surface area contributed by atoms with Crippen LogP contribution in [0.1, 0.15) is 76.3 Å². The molecule has 5 nitrogen and oxygen atoms in total. The average molecular weight is 899 g/mol. The van der Waals surface area contributed by atoms with Gasteiger partial charge in [-0.1, -0.05) is 170 Å². The Balaban J connectivity index is 0.970. The summed E-state index contributed by atoms with van der Waals surface area (Å²) in [5.41, 5.74) is 15.0. The second-order valence-corrected chi connectivity index (χ2v) is 20.6. The number of ether oxygens (including phenoxy) is 1. The molecule has 340 valence electrons. The predicted octanol–water partition coefficient (Wildman–Crippen LogP) is 16.8. The number of pyridine rings is 1. The van der Waals surface area contributed by atoms with Crippen molar-refractivity contribution in [1.82, 2.24) is 9.55 Å². The third kappa shape index (κ3) is 8.02. The number of nitrogens with zero attached hydrogens (tertiary/aromatic N) is 4. The maximum Gasteiger partial charge on any atom is 0.137 e. The van der Waals surface area contributed by atoms with E-state index in [-0.39, 0.29) is 16.2 Å². The van der Waals surface area contributed by atoms with Crippen molar-refractivity contribution in [3.8, 4) is 28.4 Å². The van der Waals surface area contributed by atoms with Gasteiger partial charge in [-0.3, -0.25) is 4.57 Å². The zero-order chi connectivity index (χ0) is 47.5. The van der Waals surface area contributed by atoms with Crippen molar-refractivity contribution in [2.24, 2.45) is 0 Å². The normalized spacial score (nSPS) is 13.0. The van der Waals surface area contributed by atoms with Crippen LogP contribution in [0.15, 0.2) is 212 Å². The van der Waals surface area contributed by atoms with E-state index >= 15 is 0 Å². The van der Waals surface area contributed by atoms with Crippen molar-refractivity contribution < 1.29 is 4.74 Å². The van der Waals surface area contributed by atoms with Crippen LogP contribution < -0.4 is 14.5 Å². The van der Waals surface area contributed by atoms with Crippen LogP contribution in [0.4, 0.5) is 22.7 Å². The maximum atomic E-state index is 6.89. The summed E-state index contributed by atoms with van der Waals surface area (Å²) >= 11 is 0. The van der Waals surface area contributed by atoms with E-state index < -0.39 is 0 Å². The molecule has 11 rings (SSSR count). The number of benzene rings is 8. The molecule has 8 aromatic carbocycles. The Bertz CT molecular complexity index is 3490. The number of anilines is 4. The summed E-state index contributed by atoms with van der Waals surface area (Å²) in [5, 5.41) is 2.30. The van der Waals surface area contributed by atoms with Crippen LogP contribution in [0.5, 0.6) is 11.5 Å². The molecule has 0 unspecified atom stereocenters. The number of hydrogen-bond acceptors (Lipinski definition) is 4. The van der Waals surface area contributed by atoms with Gasteiger partial charge in [0.25, 0.3) is 0 Å². The van der Waals surface area contributed by atoms with Crippen molar-refractivity contribution in [2.45, 2.75) is 64.7 Å². The summed E-state index contributed by atoms with van der Waals surface area (Å²) in [7, 11) is 0. The van der Waals surface area contributed by atoms with Gasteiger partial charge in [-0.25, -0.2) is 4.98 Å². The quantitative estimate of drug-likeness (QED) is 0.137. The van der Waals surface area contributed by atoms with Crippen molar-refractivity contribution in [3.05, 3.63) is 240 Å². The van der Waals surface area contributed by atoms with E-state index in [2.05, 4.69) is 269 Å². The molecule has 10 aromatic rings. The number of fused-ring (bicyclic) bond motifs is 4. The molecule has 5 heteroatoms. The summed E-state index contributed by atoms with van der Waals surface area (Å²) in [6, 6.07) is 74.3. The second-order valence-electron chi connectivity index (χ2n) is 20.6. The van der Waals surface area contributed by atoms with Crippen LogP contribution in [-0.2, 0) is 16.2 Å². The van der Waals surface area contributed by atoms with Crippen LogP contribution >= 0.6 is 0 Å². The molecule has 0 atom stereocenters. The molecule has 3 heterocycles. The van der Waals surface area contributed by atoms with Crippen LogP contribution in [0.2, 0.25) is 0 Å². The molecular formula is C64H58N4O. The second kappa shape index (κ2) is 17.0. The predicted molar refractivity (Wildman–Crippen MR) is 288 cm³/mol. The molecule has 0 N–H and O–H groups in total. The summed E-state index contributed by atoms with van der Waals surface area (Å²) in [6.45, 7) is 16.7. The van der Waals surface area contributed by atoms with Crippen LogP contribution in [0, 0.1) is 0 Å². The highest BCUT2D eigenvalue weighted by atomic mass is 16.5. The molecule has 69 heavy (non-hydrogen) atoms. The highest BCUT2D eigenvalue weighted by molar-refractivity contribution is 6.10. The van der Waals surface area contributed by atoms with Crippen molar-refractivity contribution >= 4 is 44.6 Å². The standard InChI is InChI=1S/C64H58N4O/c1-62(2,3)48-30-34-58-60(39-48)67(51-26-17-25-49(38-51)63(4,5)46-21-13-9-14-22-46)43-66(58)52-27-18-28-53(41-52)69-54-31-32-55-56-37-45(44-19-11-8-12-20-44)29-33-57(56)68(59(55)42-54)61-40-50(35-36-65-61)64(6,7)47-23-15-10-16-24-47/h8-42H,43H2,1-7H3. The Labute approximate surface area is 406 Å². The lowest BCUT2D eigenvalue weighted by molar-refractivity contribution is 0.483. The van der Waals surface area contributed by atoms with Gasteiger partial charge in [0.05, 0.1) is 22.4 Å². The van der Waals surface area contributed by atoms with Gasteiger partial charge in [0, 0.05) is 51.3 Å². The van der Waals surface area contributed by atoms with Gasteiger partial charge in [0.2, 0.25) is 0 Å². The van der Waals surface area contributed by atoms with Gasteiger partial charge in [-0.05, 0) is 117 Å². The van der Waals surface area contributed by atoms with Crippen LogP contribution in [0.3, 0.4) is 0 Å². The number of rotatable bonds is 10. The molecule has 2 aromatic heterocycles. The molecule has 0 radical (unpaired) electrons. The molecule has 0 saturated carbocycles. The monoisotopic (exact) mass is 898 g/mol. The molecule has 0 amide bonds. The van der Waals surface area contributed by atoms with E-state index in [1.165, 1.54) is 56.0 Å². The number of aromatic nitrogens is 2. The summed E-state index contributed by atoms with van der Waals surface area (Å²) in [6.07, 6.45) is 1.95. The Morgan fingerprint density at radius 2 is 1.01 bits per heavy atom. The molecular weight excluding hydrogens is 841 g/mol. The minimum Gasteiger partial charge on any atom is -0.457 e. The van der Waals surface area contributed by atoms with E-state index in [1.54, 1.807) is 0 Å². The first-order valence-corrected chi connectivity index (χ1v) is 24.1. The van der Waals surface area contributed by atoms with E-state index in [0.717, 1.165) is 44.8 Å². The van der Waals surface area contributed by atoms with E-state index in [0.29, 0.717) is 6.67 Å². The fourth-order valence-electron chi connectivity index (χ4n) is 10.2. The summed E-state index contributed by atoms with van der Waals surface area (Å²) in [5.74, 6) is 2.39. The molecule has 0 fully saturated rings. The maximum absolute atomic E-state index is 6.89. The van der Waals surface area contributed by atoms with Crippen LogP contribution in [0.25, 0.3) is 38.8 Å². The van der Waals surface area contributed by atoms with Gasteiger partial charge >= 0.3 is 0 Å². The fraction of sp³-hybridized carbons (Fsp3) is 0.172.